The fourth-order valence-electron chi connectivity index (χ4n) is 3.55. The van der Waals surface area contributed by atoms with E-state index in [0.29, 0.717) is 23.4 Å². The zero-order valence-corrected chi connectivity index (χ0v) is 22.5. The molecule has 8 nitrogen and oxygen atoms in total. The molecule has 0 aliphatic carbocycles. The van der Waals surface area contributed by atoms with E-state index in [1.165, 1.54) is 48.6 Å². The Morgan fingerprint density at radius 1 is 0.767 bits per heavy atom. The summed E-state index contributed by atoms with van der Waals surface area (Å²) in [7, 11) is 0. The molecule has 0 heterocycles. The molecule has 0 fully saturated rings. The van der Waals surface area contributed by atoms with Crippen LogP contribution in [0.3, 0.4) is 0 Å². The number of carbonyl (C=O) groups is 3. The van der Waals surface area contributed by atoms with Gasteiger partial charge in [0.25, 0.3) is 0 Å². The number of hydrogen-bond donors (Lipinski definition) is 2. The fraction of sp³-hybridized carbons (Fsp3) is 0.233. The number of esters is 3. The van der Waals surface area contributed by atoms with Crippen molar-refractivity contribution in [3.05, 3.63) is 95.1 Å². The van der Waals surface area contributed by atoms with Crippen molar-refractivity contribution in [2.75, 3.05) is 24.7 Å². The number of hydrogen-bond acceptors (Lipinski definition) is 8. The van der Waals surface area contributed by atoms with Gasteiger partial charge in [-0.3, -0.25) is 0 Å². The molecule has 0 unspecified atom stereocenters. The van der Waals surface area contributed by atoms with Crippen LogP contribution in [0.5, 0.6) is 5.75 Å². The van der Waals surface area contributed by atoms with Crippen molar-refractivity contribution >= 4 is 35.4 Å². The van der Waals surface area contributed by atoms with Crippen molar-refractivity contribution in [3.8, 4) is 5.75 Å². The molecule has 0 saturated heterocycles. The largest absolute Gasteiger partial charge is 0.462 e. The molecule has 0 saturated carbocycles. The van der Waals surface area contributed by atoms with Gasteiger partial charge in [-0.25, -0.2) is 14.4 Å². The summed E-state index contributed by atoms with van der Waals surface area (Å²) in [4.78, 5) is 36.4. The van der Waals surface area contributed by atoms with Crippen LogP contribution in [0, 0.1) is 0 Å². The van der Waals surface area contributed by atoms with Crippen molar-refractivity contribution < 1.29 is 50.5 Å². The highest BCUT2D eigenvalue weighted by Crippen LogP contribution is 2.38. The van der Waals surface area contributed by atoms with Crippen molar-refractivity contribution in [1.82, 2.24) is 0 Å². The van der Waals surface area contributed by atoms with Gasteiger partial charge < -0.3 is 25.7 Å². The van der Waals surface area contributed by atoms with Crippen LogP contribution in [-0.2, 0) is 20.7 Å². The minimum atomic E-state index is -5.67. The molecule has 0 aromatic heterocycles. The quantitative estimate of drug-likeness (QED) is 0.0641. The van der Waals surface area contributed by atoms with Gasteiger partial charge in [-0.15, -0.1) is 0 Å². The number of nitrogens with two attached hydrogens (primary N) is 2. The zero-order chi connectivity index (χ0) is 31.6. The van der Waals surface area contributed by atoms with Crippen molar-refractivity contribution in [3.63, 3.8) is 0 Å². The summed E-state index contributed by atoms with van der Waals surface area (Å²) in [5.41, 5.74) is 14.2. The lowest BCUT2D eigenvalue weighted by molar-refractivity contribution is -0.284. The molecule has 43 heavy (non-hydrogen) atoms. The standard InChI is InChI=1S/C30H27F5N2O6/c31-29(32,30(33,34)35)15-1-16-42-27(39)21-8-11-24(12-9-21)43-28(40)22-5-2-19(3-6-22)4-13-26(38)41-17-14-20-7-10-23(36)18-25(20)37/h2-13,18H,1,14-17,36-37H2. The monoisotopic (exact) mass is 606 g/mol. The van der Waals surface area contributed by atoms with E-state index in [4.69, 9.17) is 25.7 Å². The summed E-state index contributed by atoms with van der Waals surface area (Å²) in [5, 5.41) is 0. The van der Waals surface area contributed by atoms with E-state index >= 15 is 0 Å². The van der Waals surface area contributed by atoms with Crippen molar-refractivity contribution in [1.29, 1.82) is 0 Å². The fourth-order valence-corrected chi connectivity index (χ4v) is 3.55. The Hall–Kier alpha value is -4.94. The van der Waals surface area contributed by atoms with Crippen molar-refractivity contribution in [2.24, 2.45) is 0 Å². The van der Waals surface area contributed by atoms with E-state index in [-0.39, 0.29) is 23.5 Å². The minimum Gasteiger partial charge on any atom is -0.462 e. The van der Waals surface area contributed by atoms with E-state index in [1.807, 2.05) is 0 Å². The summed E-state index contributed by atoms with van der Waals surface area (Å²) in [5.74, 6) is -7.00. The number of ether oxygens (including phenoxy) is 3. The Labute approximate surface area is 243 Å². The third-order valence-electron chi connectivity index (χ3n) is 5.93. The number of halogens is 5. The SMILES string of the molecule is Nc1ccc(CCOC(=O)C=Cc2ccc(C(=O)Oc3ccc(C(=O)OCCCC(F)(F)C(F)(F)F)cc3)cc2)c(N)c1. The third kappa shape index (κ3) is 9.83. The van der Waals surface area contributed by atoms with Crippen LogP contribution in [0.25, 0.3) is 6.08 Å². The lowest BCUT2D eigenvalue weighted by atomic mass is 10.1. The van der Waals surface area contributed by atoms with E-state index in [9.17, 15) is 36.3 Å². The second kappa shape index (κ2) is 14.3. The van der Waals surface area contributed by atoms with Crippen LogP contribution in [0.4, 0.5) is 33.3 Å². The maximum Gasteiger partial charge on any atom is 0.453 e. The van der Waals surface area contributed by atoms with Crippen LogP contribution in [0.15, 0.2) is 72.8 Å². The molecular weight excluding hydrogens is 579 g/mol. The van der Waals surface area contributed by atoms with E-state index in [1.54, 1.807) is 30.3 Å². The smallest absolute Gasteiger partial charge is 0.453 e. The number of rotatable bonds is 12. The van der Waals surface area contributed by atoms with Crippen LogP contribution in [-0.4, -0.2) is 43.2 Å². The number of alkyl halides is 5. The first kappa shape index (κ1) is 32.6. The molecule has 3 aromatic carbocycles. The second-order valence-corrected chi connectivity index (χ2v) is 9.19. The summed E-state index contributed by atoms with van der Waals surface area (Å²) < 4.78 is 77.5. The van der Waals surface area contributed by atoms with Crippen LogP contribution >= 0.6 is 0 Å². The highest BCUT2D eigenvalue weighted by atomic mass is 19.4. The maximum absolute atomic E-state index is 12.9. The lowest BCUT2D eigenvalue weighted by Gasteiger charge is -2.19. The Morgan fingerprint density at radius 3 is 2.02 bits per heavy atom. The first-order chi connectivity index (χ1) is 20.2. The van der Waals surface area contributed by atoms with E-state index in [2.05, 4.69) is 0 Å². The predicted molar refractivity (Wildman–Crippen MR) is 147 cm³/mol. The predicted octanol–water partition coefficient (Wildman–Crippen LogP) is 6.00. The molecule has 3 rings (SSSR count). The van der Waals surface area contributed by atoms with Gasteiger partial charge in [0, 0.05) is 30.3 Å². The van der Waals surface area contributed by atoms with E-state index < -0.39 is 49.5 Å². The number of anilines is 2. The Bertz CT molecular complexity index is 1460. The third-order valence-corrected chi connectivity index (χ3v) is 5.93. The summed E-state index contributed by atoms with van der Waals surface area (Å²) in [6.07, 6.45) is -4.69. The van der Waals surface area contributed by atoms with Gasteiger partial charge in [0.2, 0.25) is 0 Å². The molecule has 0 aliphatic heterocycles. The molecule has 0 aliphatic rings. The molecular formula is C30H27F5N2O6. The minimum absolute atomic E-state index is 0.0218. The Morgan fingerprint density at radius 2 is 1.40 bits per heavy atom. The highest BCUT2D eigenvalue weighted by molar-refractivity contribution is 5.92. The van der Waals surface area contributed by atoms with Gasteiger partial charge in [0.05, 0.1) is 24.3 Å². The number of benzene rings is 3. The summed E-state index contributed by atoms with van der Waals surface area (Å²) in [6.45, 7) is -0.509. The van der Waals surface area contributed by atoms with Gasteiger partial charge in [-0.1, -0.05) is 18.2 Å². The van der Waals surface area contributed by atoms with Gasteiger partial charge in [-0.05, 0) is 72.2 Å². The molecule has 228 valence electrons. The molecule has 0 amide bonds. The highest BCUT2D eigenvalue weighted by Gasteiger charge is 2.56. The van der Waals surface area contributed by atoms with Crippen LogP contribution < -0.4 is 16.2 Å². The zero-order valence-electron chi connectivity index (χ0n) is 22.5. The molecule has 0 radical (unpaired) electrons. The first-order valence-electron chi connectivity index (χ1n) is 12.8. The van der Waals surface area contributed by atoms with Gasteiger partial charge in [0.15, 0.2) is 0 Å². The first-order valence-corrected chi connectivity index (χ1v) is 12.8. The second-order valence-electron chi connectivity index (χ2n) is 9.19. The average Bonchev–Trinajstić information content (AvgIpc) is 2.95. The molecule has 0 atom stereocenters. The lowest BCUT2D eigenvalue weighted by Crippen LogP contribution is -2.36. The molecule has 4 N–H and O–H groups in total. The van der Waals surface area contributed by atoms with Gasteiger partial charge in [0.1, 0.15) is 5.75 Å². The maximum atomic E-state index is 12.9. The molecule has 13 heteroatoms. The van der Waals surface area contributed by atoms with Gasteiger partial charge >= 0.3 is 30.0 Å². The topological polar surface area (TPSA) is 131 Å². The number of carbonyl (C=O) groups excluding carboxylic acids is 3. The number of nitrogen functional groups attached to an aromatic ring is 2. The molecule has 0 spiro atoms. The summed E-state index contributed by atoms with van der Waals surface area (Å²) >= 11 is 0. The van der Waals surface area contributed by atoms with Crippen LogP contribution in [0.1, 0.15) is 44.7 Å². The van der Waals surface area contributed by atoms with E-state index in [0.717, 1.165) is 5.56 Å². The van der Waals surface area contributed by atoms with Crippen LogP contribution in [0.2, 0.25) is 0 Å². The molecule has 3 aromatic rings. The summed E-state index contributed by atoms with van der Waals surface area (Å²) in [6, 6.07) is 16.3. The Kier molecular flexibility index (Phi) is 10.8. The Balaban J connectivity index is 1.42. The average molecular weight is 607 g/mol. The van der Waals surface area contributed by atoms with Crippen molar-refractivity contribution in [2.45, 2.75) is 31.4 Å². The van der Waals surface area contributed by atoms with Gasteiger partial charge in [-0.2, -0.15) is 22.0 Å². The molecule has 0 bridgehead atoms. The normalized spacial score (nSPS) is 11.7.